The molecule has 4 nitrogen and oxygen atoms in total. The quantitative estimate of drug-likeness (QED) is 0.890. The summed E-state index contributed by atoms with van der Waals surface area (Å²) in [7, 11) is 0. The van der Waals surface area contributed by atoms with Gasteiger partial charge in [-0.3, -0.25) is 4.79 Å². The van der Waals surface area contributed by atoms with Crippen LogP contribution in [0.2, 0.25) is 0 Å². The first kappa shape index (κ1) is 17.8. The molecular formula is C18H25ClN2O2. The molecule has 23 heavy (non-hydrogen) atoms. The molecule has 1 aromatic carbocycles. The molecule has 3 atom stereocenters. The molecule has 1 amide bonds. The normalized spacial score (nSPS) is 21.9. The average molecular weight is 337 g/mol. The zero-order valence-electron chi connectivity index (χ0n) is 13.7. The van der Waals surface area contributed by atoms with Crippen molar-refractivity contribution in [1.82, 2.24) is 5.32 Å². The number of aryl methyl sites for hydroxylation is 1. The third-order valence-corrected chi connectivity index (χ3v) is 4.82. The van der Waals surface area contributed by atoms with Crippen LogP contribution < -0.4 is 11.1 Å². The zero-order valence-corrected chi connectivity index (χ0v) is 14.5. The predicted molar refractivity (Wildman–Crippen MR) is 94.7 cm³/mol. The number of furan rings is 1. The van der Waals surface area contributed by atoms with Crippen LogP contribution in [0, 0.1) is 12.8 Å². The summed E-state index contributed by atoms with van der Waals surface area (Å²) >= 11 is 0. The summed E-state index contributed by atoms with van der Waals surface area (Å²) in [5.41, 5.74) is 8.01. The van der Waals surface area contributed by atoms with Gasteiger partial charge in [0.2, 0.25) is 5.91 Å². The second-order valence-electron chi connectivity index (χ2n) is 6.44. The lowest BCUT2D eigenvalue weighted by Crippen LogP contribution is -2.32. The van der Waals surface area contributed by atoms with Gasteiger partial charge in [-0.05, 0) is 38.7 Å². The summed E-state index contributed by atoms with van der Waals surface area (Å²) in [5, 5.41) is 4.16. The Balaban J connectivity index is 0.00000192. The van der Waals surface area contributed by atoms with Crippen molar-refractivity contribution in [2.24, 2.45) is 11.7 Å². The van der Waals surface area contributed by atoms with Gasteiger partial charge in [-0.1, -0.05) is 24.6 Å². The maximum Gasteiger partial charge on any atom is 0.220 e. The summed E-state index contributed by atoms with van der Waals surface area (Å²) in [6.07, 6.45) is 3.75. The minimum atomic E-state index is -0.127. The van der Waals surface area contributed by atoms with E-state index in [0.29, 0.717) is 12.3 Å². The van der Waals surface area contributed by atoms with Crippen molar-refractivity contribution in [3.63, 3.8) is 0 Å². The van der Waals surface area contributed by atoms with Gasteiger partial charge in [-0.25, -0.2) is 0 Å². The van der Waals surface area contributed by atoms with Gasteiger partial charge in [-0.15, -0.1) is 12.4 Å². The summed E-state index contributed by atoms with van der Waals surface area (Å²) < 4.78 is 5.91. The van der Waals surface area contributed by atoms with E-state index in [1.54, 1.807) is 0 Å². The van der Waals surface area contributed by atoms with E-state index in [0.717, 1.165) is 41.6 Å². The van der Waals surface area contributed by atoms with Crippen LogP contribution in [0.25, 0.3) is 11.0 Å². The van der Waals surface area contributed by atoms with Gasteiger partial charge >= 0.3 is 0 Å². The topological polar surface area (TPSA) is 68.3 Å². The molecular weight excluding hydrogens is 312 g/mol. The third kappa shape index (κ3) is 3.70. The highest BCUT2D eigenvalue weighted by molar-refractivity contribution is 5.85. The van der Waals surface area contributed by atoms with Crippen molar-refractivity contribution in [1.29, 1.82) is 0 Å². The van der Waals surface area contributed by atoms with Gasteiger partial charge in [0, 0.05) is 23.4 Å². The van der Waals surface area contributed by atoms with Gasteiger partial charge in [0.1, 0.15) is 11.3 Å². The van der Waals surface area contributed by atoms with Crippen molar-refractivity contribution < 1.29 is 9.21 Å². The lowest BCUT2D eigenvalue weighted by atomic mass is 9.99. The highest BCUT2D eigenvalue weighted by Gasteiger charge is 2.27. The molecule has 0 saturated heterocycles. The molecule has 0 aliphatic heterocycles. The van der Waals surface area contributed by atoms with Crippen LogP contribution in [-0.4, -0.2) is 11.9 Å². The Bertz CT molecular complexity index is 683. The Kier molecular flexibility index (Phi) is 5.71. The van der Waals surface area contributed by atoms with E-state index in [1.165, 1.54) is 0 Å². The van der Waals surface area contributed by atoms with Gasteiger partial charge < -0.3 is 15.5 Å². The lowest BCUT2D eigenvalue weighted by molar-refractivity contribution is -0.122. The first-order valence-corrected chi connectivity index (χ1v) is 8.09. The van der Waals surface area contributed by atoms with Crippen LogP contribution in [-0.2, 0) is 4.79 Å². The van der Waals surface area contributed by atoms with Crippen LogP contribution >= 0.6 is 12.4 Å². The predicted octanol–water partition coefficient (Wildman–Crippen LogP) is 3.86. The molecule has 0 radical (unpaired) electrons. The Hall–Kier alpha value is -1.52. The number of benzene rings is 1. The summed E-state index contributed by atoms with van der Waals surface area (Å²) in [6, 6.07) is 8.01. The summed E-state index contributed by atoms with van der Waals surface area (Å²) in [5.74, 6) is 1.23. The van der Waals surface area contributed by atoms with E-state index in [9.17, 15) is 4.79 Å². The molecule has 1 fully saturated rings. The summed E-state index contributed by atoms with van der Waals surface area (Å²) in [4.78, 5) is 12.2. The molecule has 1 unspecified atom stereocenters. The van der Waals surface area contributed by atoms with E-state index < -0.39 is 0 Å². The number of hydrogen-bond acceptors (Lipinski definition) is 3. The fourth-order valence-electron chi connectivity index (χ4n) is 3.53. The molecule has 1 aliphatic rings. The molecule has 3 rings (SSSR count). The maximum absolute atomic E-state index is 12.2. The van der Waals surface area contributed by atoms with Crippen molar-refractivity contribution in [2.45, 2.75) is 51.6 Å². The monoisotopic (exact) mass is 336 g/mol. The molecule has 5 heteroatoms. The van der Waals surface area contributed by atoms with E-state index >= 15 is 0 Å². The highest BCUT2D eigenvalue weighted by Crippen LogP contribution is 2.30. The first-order valence-electron chi connectivity index (χ1n) is 8.09. The standard InChI is InChI=1S/C18H24N2O2.ClH/c1-11-14-7-3-4-9-16(14)22-18(11)12(2)20-17(21)10-13-6-5-8-15(13)19;/h3-4,7,9,12-13,15H,5-6,8,10,19H2,1-2H3,(H,20,21);1H/t12?,13-,15+;/m0./s1. The van der Waals surface area contributed by atoms with E-state index in [2.05, 4.69) is 5.32 Å². The molecule has 1 aliphatic carbocycles. The SMILES string of the molecule is Cc1c(C(C)NC(=O)C[C@@H]2CCC[C@H]2N)oc2ccccc12.Cl. The average Bonchev–Trinajstić information content (AvgIpc) is 3.04. The molecule has 0 bridgehead atoms. The minimum absolute atomic E-state index is 0. The van der Waals surface area contributed by atoms with E-state index in [-0.39, 0.29) is 30.4 Å². The van der Waals surface area contributed by atoms with E-state index in [1.807, 2.05) is 38.1 Å². The smallest absolute Gasteiger partial charge is 0.220 e. The second kappa shape index (κ2) is 7.37. The number of para-hydroxylation sites is 1. The van der Waals surface area contributed by atoms with E-state index in [4.69, 9.17) is 10.2 Å². The fourth-order valence-corrected chi connectivity index (χ4v) is 3.53. The zero-order chi connectivity index (χ0) is 15.7. The number of rotatable bonds is 4. The Morgan fingerprint density at radius 1 is 1.39 bits per heavy atom. The first-order chi connectivity index (χ1) is 10.6. The van der Waals surface area contributed by atoms with Crippen molar-refractivity contribution >= 4 is 29.3 Å². The molecule has 1 saturated carbocycles. The van der Waals surface area contributed by atoms with Crippen LogP contribution in [0.4, 0.5) is 0 Å². The number of carbonyl (C=O) groups excluding carboxylic acids is 1. The number of halogens is 1. The highest BCUT2D eigenvalue weighted by atomic mass is 35.5. The van der Waals surface area contributed by atoms with Crippen molar-refractivity contribution in [3.05, 3.63) is 35.6 Å². The fraction of sp³-hybridized carbons (Fsp3) is 0.500. The number of amides is 1. The van der Waals surface area contributed by atoms with Gasteiger partial charge in [0.15, 0.2) is 0 Å². The lowest BCUT2D eigenvalue weighted by Gasteiger charge is -2.17. The van der Waals surface area contributed by atoms with Crippen LogP contribution in [0.5, 0.6) is 0 Å². The second-order valence-corrected chi connectivity index (χ2v) is 6.44. The third-order valence-electron chi connectivity index (χ3n) is 4.82. The minimum Gasteiger partial charge on any atom is -0.459 e. The van der Waals surface area contributed by atoms with Gasteiger partial charge in [0.25, 0.3) is 0 Å². The Morgan fingerprint density at radius 2 is 2.13 bits per heavy atom. The van der Waals surface area contributed by atoms with Crippen LogP contribution in [0.15, 0.2) is 28.7 Å². The molecule has 0 spiro atoms. The number of carbonyl (C=O) groups is 1. The number of nitrogens with one attached hydrogen (secondary N) is 1. The molecule has 1 aromatic heterocycles. The molecule has 2 aromatic rings. The van der Waals surface area contributed by atoms with Gasteiger partial charge in [0.05, 0.1) is 6.04 Å². The number of fused-ring (bicyclic) bond motifs is 1. The maximum atomic E-state index is 12.2. The molecule has 1 heterocycles. The molecule has 3 N–H and O–H groups in total. The van der Waals surface area contributed by atoms with Crippen LogP contribution in [0.1, 0.15) is 50.0 Å². The Labute approximate surface area is 143 Å². The summed E-state index contributed by atoms with van der Waals surface area (Å²) in [6.45, 7) is 4.01. The molecule has 126 valence electrons. The van der Waals surface area contributed by atoms with Crippen molar-refractivity contribution in [2.75, 3.05) is 0 Å². The Morgan fingerprint density at radius 3 is 2.78 bits per heavy atom. The number of hydrogen-bond donors (Lipinski definition) is 2. The van der Waals surface area contributed by atoms with Crippen molar-refractivity contribution in [3.8, 4) is 0 Å². The largest absolute Gasteiger partial charge is 0.459 e. The number of nitrogens with two attached hydrogens (primary N) is 1. The van der Waals surface area contributed by atoms with Crippen LogP contribution in [0.3, 0.4) is 0 Å². The van der Waals surface area contributed by atoms with Gasteiger partial charge in [-0.2, -0.15) is 0 Å².